The lowest BCUT2D eigenvalue weighted by Crippen LogP contribution is -2.54. The van der Waals surface area contributed by atoms with Crippen molar-refractivity contribution in [1.29, 1.82) is 0 Å². The molecule has 3 amide bonds. The number of hydrogen-bond acceptors (Lipinski definition) is 6. The van der Waals surface area contributed by atoms with Crippen molar-refractivity contribution in [2.45, 2.75) is 64.6 Å². The summed E-state index contributed by atoms with van der Waals surface area (Å²) in [5, 5.41) is 25.8. The SMILES string of the molecule is C=CCN(C(=O)C(Cc1ccc(O)cc1)NC(=O)OC(C)(C)C)C(C(=O)NCCCC)c1ccccc1O. The number of benzene rings is 2. The molecule has 2 rings (SSSR count). The summed E-state index contributed by atoms with van der Waals surface area (Å²) in [6, 6.07) is 10.3. The van der Waals surface area contributed by atoms with Gasteiger partial charge in [0.2, 0.25) is 11.8 Å². The normalized spacial score (nSPS) is 12.6. The highest BCUT2D eigenvalue weighted by molar-refractivity contribution is 5.92. The third kappa shape index (κ3) is 9.14. The minimum absolute atomic E-state index is 0.0267. The molecule has 0 aliphatic carbocycles. The molecule has 0 aliphatic heterocycles. The number of carbonyl (C=O) groups excluding carboxylic acids is 3. The molecule has 0 spiro atoms. The Hall–Kier alpha value is -4.01. The first-order valence-corrected chi connectivity index (χ1v) is 12.7. The quantitative estimate of drug-likeness (QED) is 0.243. The summed E-state index contributed by atoms with van der Waals surface area (Å²) in [6.07, 6.45) is 2.37. The summed E-state index contributed by atoms with van der Waals surface area (Å²) >= 11 is 0. The number of nitrogens with zero attached hydrogens (tertiary/aromatic N) is 1. The maximum Gasteiger partial charge on any atom is 0.408 e. The molecular weight excluding hydrogens is 486 g/mol. The van der Waals surface area contributed by atoms with Crippen molar-refractivity contribution < 1.29 is 29.3 Å². The van der Waals surface area contributed by atoms with Crippen LogP contribution in [0, 0.1) is 0 Å². The van der Waals surface area contributed by atoms with Crippen LogP contribution in [0.3, 0.4) is 0 Å². The first-order valence-electron chi connectivity index (χ1n) is 12.7. The highest BCUT2D eigenvalue weighted by Gasteiger charge is 2.37. The number of phenolic OH excluding ortho intramolecular Hbond substituents is 2. The molecule has 0 aliphatic rings. The second-order valence-corrected chi connectivity index (χ2v) is 9.95. The zero-order valence-electron chi connectivity index (χ0n) is 22.6. The van der Waals surface area contributed by atoms with E-state index in [1.165, 1.54) is 29.2 Å². The van der Waals surface area contributed by atoms with E-state index in [1.807, 2.05) is 6.92 Å². The van der Waals surface area contributed by atoms with Crippen LogP contribution in [0.5, 0.6) is 11.5 Å². The van der Waals surface area contributed by atoms with E-state index in [0.29, 0.717) is 12.1 Å². The van der Waals surface area contributed by atoms with E-state index in [-0.39, 0.29) is 30.0 Å². The lowest BCUT2D eigenvalue weighted by molar-refractivity contribution is -0.141. The van der Waals surface area contributed by atoms with Crippen LogP contribution in [0.4, 0.5) is 4.79 Å². The number of aromatic hydroxyl groups is 2. The van der Waals surface area contributed by atoms with Gasteiger partial charge in [0.1, 0.15) is 29.2 Å². The van der Waals surface area contributed by atoms with Gasteiger partial charge in [-0.25, -0.2) is 4.79 Å². The molecule has 206 valence electrons. The van der Waals surface area contributed by atoms with E-state index < -0.39 is 35.6 Å². The number of amides is 3. The van der Waals surface area contributed by atoms with E-state index in [0.717, 1.165) is 12.8 Å². The summed E-state index contributed by atoms with van der Waals surface area (Å²) < 4.78 is 5.39. The van der Waals surface area contributed by atoms with Gasteiger partial charge in [-0.1, -0.05) is 49.8 Å². The number of unbranched alkanes of at least 4 members (excludes halogenated alkanes) is 1. The molecule has 9 heteroatoms. The number of hydrogen-bond donors (Lipinski definition) is 4. The summed E-state index contributed by atoms with van der Waals surface area (Å²) in [5.41, 5.74) is 0.119. The second-order valence-electron chi connectivity index (χ2n) is 9.95. The van der Waals surface area contributed by atoms with Crippen LogP contribution < -0.4 is 10.6 Å². The Balaban J connectivity index is 2.51. The molecule has 2 atom stereocenters. The first-order chi connectivity index (χ1) is 18.0. The number of alkyl carbamates (subject to hydrolysis) is 1. The fraction of sp³-hybridized carbons (Fsp3) is 0.414. The summed E-state index contributed by atoms with van der Waals surface area (Å²) in [4.78, 5) is 41.5. The maximum atomic E-state index is 14.1. The molecule has 0 saturated heterocycles. The minimum atomic E-state index is -1.18. The maximum absolute atomic E-state index is 14.1. The van der Waals surface area contributed by atoms with Gasteiger partial charge in [0, 0.05) is 25.1 Å². The second kappa shape index (κ2) is 14.1. The van der Waals surface area contributed by atoms with Gasteiger partial charge in [0.25, 0.3) is 0 Å². The molecule has 2 aromatic rings. The predicted molar refractivity (Wildman–Crippen MR) is 146 cm³/mol. The van der Waals surface area contributed by atoms with Gasteiger partial charge in [-0.2, -0.15) is 0 Å². The minimum Gasteiger partial charge on any atom is -0.508 e. The predicted octanol–water partition coefficient (Wildman–Crippen LogP) is 4.21. The Morgan fingerprint density at radius 1 is 1.08 bits per heavy atom. The fourth-order valence-electron chi connectivity index (χ4n) is 3.83. The Morgan fingerprint density at radius 3 is 2.32 bits per heavy atom. The van der Waals surface area contributed by atoms with Crippen molar-refractivity contribution in [2.24, 2.45) is 0 Å². The number of para-hydroxylation sites is 1. The average Bonchev–Trinajstić information content (AvgIpc) is 2.84. The van der Waals surface area contributed by atoms with Gasteiger partial charge in [-0.05, 0) is 51.0 Å². The highest BCUT2D eigenvalue weighted by Crippen LogP contribution is 2.30. The van der Waals surface area contributed by atoms with Crippen molar-refractivity contribution in [1.82, 2.24) is 15.5 Å². The summed E-state index contributed by atoms with van der Waals surface area (Å²) in [5.74, 6) is -1.10. The van der Waals surface area contributed by atoms with Gasteiger partial charge >= 0.3 is 6.09 Å². The number of carbonyl (C=O) groups is 3. The van der Waals surface area contributed by atoms with E-state index in [4.69, 9.17) is 4.74 Å². The molecule has 0 bridgehead atoms. The summed E-state index contributed by atoms with van der Waals surface area (Å²) in [7, 11) is 0. The lowest BCUT2D eigenvalue weighted by atomic mass is 9.99. The van der Waals surface area contributed by atoms with Crippen LogP contribution in [0.1, 0.15) is 57.7 Å². The van der Waals surface area contributed by atoms with Crippen LogP contribution in [0.15, 0.2) is 61.2 Å². The van der Waals surface area contributed by atoms with Gasteiger partial charge in [-0.15, -0.1) is 6.58 Å². The zero-order chi connectivity index (χ0) is 28.3. The van der Waals surface area contributed by atoms with Crippen LogP contribution >= 0.6 is 0 Å². The monoisotopic (exact) mass is 525 g/mol. The van der Waals surface area contributed by atoms with Crippen molar-refractivity contribution in [3.8, 4) is 11.5 Å². The van der Waals surface area contributed by atoms with E-state index >= 15 is 0 Å². The number of nitrogens with one attached hydrogen (secondary N) is 2. The smallest absolute Gasteiger partial charge is 0.408 e. The molecular formula is C29H39N3O6. The lowest BCUT2D eigenvalue weighted by Gasteiger charge is -2.34. The molecule has 0 fully saturated rings. The Morgan fingerprint density at radius 2 is 1.74 bits per heavy atom. The standard InChI is InChI=1S/C29H39N3O6/c1-6-8-17-30-26(35)25(22-11-9-10-12-24(22)34)32(18-7-2)27(36)23(31-28(37)38-29(3,4)5)19-20-13-15-21(33)16-14-20/h7,9-16,23,25,33-34H,2,6,8,17-19H2,1,3-5H3,(H,30,35)(H,31,37). The molecule has 0 radical (unpaired) electrons. The zero-order valence-corrected chi connectivity index (χ0v) is 22.6. The molecule has 2 unspecified atom stereocenters. The third-order valence-electron chi connectivity index (χ3n) is 5.60. The van der Waals surface area contributed by atoms with Crippen LogP contribution in [0.25, 0.3) is 0 Å². The van der Waals surface area contributed by atoms with Crippen molar-refractivity contribution in [3.05, 3.63) is 72.3 Å². The summed E-state index contributed by atoms with van der Waals surface area (Å²) in [6.45, 7) is 11.3. The Labute approximate surface area is 224 Å². The van der Waals surface area contributed by atoms with Crippen LogP contribution in [0.2, 0.25) is 0 Å². The molecule has 0 heterocycles. The van der Waals surface area contributed by atoms with E-state index in [2.05, 4.69) is 17.2 Å². The number of phenols is 2. The molecule has 0 saturated carbocycles. The number of rotatable bonds is 12. The molecule has 38 heavy (non-hydrogen) atoms. The van der Waals surface area contributed by atoms with Gasteiger partial charge in [0.05, 0.1) is 0 Å². The first kappa shape index (κ1) is 30.2. The largest absolute Gasteiger partial charge is 0.508 e. The van der Waals surface area contributed by atoms with Crippen molar-refractivity contribution >= 4 is 17.9 Å². The van der Waals surface area contributed by atoms with Crippen LogP contribution in [-0.2, 0) is 20.7 Å². The average molecular weight is 526 g/mol. The molecule has 9 nitrogen and oxygen atoms in total. The Kier molecular flexibility index (Phi) is 11.2. The van der Waals surface area contributed by atoms with Crippen molar-refractivity contribution in [3.63, 3.8) is 0 Å². The van der Waals surface area contributed by atoms with Crippen molar-refractivity contribution in [2.75, 3.05) is 13.1 Å². The van der Waals surface area contributed by atoms with Gasteiger partial charge < -0.3 is 30.5 Å². The third-order valence-corrected chi connectivity index (χ3v) is 5.60. The topological polar surface area (TPSA) is 128 Å². The van der Waals surface area contributed by atoms with E-state index in [9.17, 15) is 24.6 Å². The van der Waals surface area contributed by atoms with E-state index in [1.54, 1.807) is 51.1 Å². The van der Waals surface area contributed by atoms with Gasteiger partial charge in [-0.3, -0.25) is 9.59 Å². The fourth-order valence-corrected chi connectivity index (χ4v) is 3.83. The molecule has 2 aromatic carbocycles. The molecule has 4 N–H and O–H groups in total. The van der Waals surface area contributed by atoms with Gasteiger partial charge in [0.15, 0.2) is 0 Å². The van der Waals surface area contributed by atoms with Crippen LogP contribution in [-0.4, -0.2) is 57.8 Å². The number of ether oxygens (including phenoxy) is 1. The highest BCUT2D eigenvalue weighted by atomic mass is 16.6. The molecule has 0 aromatic heterocycles. The Bertz CT molecular complexity index is 1090.